The van der Waals surface area contributed by atoms with E-state index in [0.29, 0.717) is 29.9 Å². The number of anilines is 1. The minimum Gasteiger partial charge on any atom is -0.372 e. The van der Waals surface area contributed by atoms with Gasteiger partial charge in [0.2, 0.25) is 9.84 Å². The second-order valence-corrected chi connectivity index (χ2v) is 9.98. The van der Waals surface area contributed by atoms with Crippen molar-refractivity contribution in [3.8, 4) is 6.07 Å². The summed E-state index contributed by atoms with van der Waals surface area (Å²) in [5.41, 5.74) is 2.30. The van der Waals surface area contributed by atoms with Gasteiger partial charge in [0.1, 0.15) is 5.69 Å². The average Bonchev–Trinajstić information content (AvgIpc) is 2.73. The summed E-state index contributed by atoms with van der Waals surface area (Å²) < 4.78 is 32.7. The van der Waals surface area contributed by atoms with Crippen molar-refractivity contribution < 1.29 is 13.2 Å². The highest BCUT2D eigenvalue weighted by molar-refractivity contribution is 7.92. The van der Waals surface area contributed by atoms with Crippen LogP contribution in [0.25, 0.3) is 11.0 Å². The van der Waals surface area contributed by atoms with Crippen LogP contribution in [0.4, 0.5) is 5.82 Å². The molecule has 0 amide bonds. The number of nitriles is 1. The van der Waals surface area contributed by atoms with Crippen molar-refractivity contribution in [2.75, 3.05) is 18.0 Å². The van der Waals surface area contributed by atoms with Crippen LogP contribution in [0.2, 0.25) is 0 Å². The van der Waals surface area contributed by atoms with Gasteiger partial charge in [-0.1, -0.05) is 29.8 Å². The maximum Gasteiger partial charge on any atom is 0.200 e. The largest absolute Gasteiger partial charge is 0.372 e. The van der Waals surface area contributed by atoms with Crippen LogP contribution < -0.4 is 4.90 Å². The molecule has 31 heavy (non-hydrogen) atoms. The molecule has 0 bridgehead atoms. The minimum absolute atomic E-state index is 0.0564. The standard InChI is InChI=1S/C23H24N4O3S/c1-15-8-10-18(11-9-15)31(28,29)21(12-24)22-23(27-13-16(2)30-17(3)14-27)26-20-7-5-4-6-19(20)25-22/h4-11,16-17,21H,13-14H2,1-3H3. The van der Waals surface area contributed by atoms with Gasteiger partial charge in [-0.3, -0.25) is 0 Å². The number of morpholine rings is 1. The van der Waals surface area contributed by atoms with E-state index in [9.17, 15) is 13.7 Å². The first-order valence-corrected chi connectivity index (χ1v) is 11.7. The summed E-state index contributed by atoms with van der Waals surface area (Å²) in [5.74, 6) is 0.419. The maximum atomic E-state index is 13.4. The van der Waals surface area contributed by atoms with Crippen molar-refractivity contribution >= 4 is 26.7 Å². The molecule has 1 aliphatic heterocycles. The zero-order chi connectivity index (χ0) is 22.2. The van der Waals surface area contributed by atoms with Crippen molar-refractivity contribution in [3.05, 3.63) is 59.8 Å². The van der Waals surface area contributed by atoms with Crippen molar-refractivity contribution in [2.45, 2.75) is 43.1 Å². The molecule has 0 aliphatic carbocycles. The number of hydrogen-bond acceptors (Lipinski definition) is 7. The van der Waals surface area contributed by atoms with Gasteiger partial charge in [0.05, 0.1) is 34.2 Å². The van der Waals surface area contributed by atoms with Gasteiger partial charge in [0, 0.05) is 13.1 Å². The molecule has 2 heterocycles. The first-order valence-electron chi connectivity index (χ1n) is 10.2. The molecule has 1 fully saturated rings. The lowest BCUT2D eigenvalue weighted by molar-refractivity contribution is -0.00550. The Morgan fingerprint density at radius 1 is 1.03 bits per heavy atom. The number of para-hydroxylation sites is 2. The molecule has 3 atom stereocenters. The molecule has 3 unspecified atom stereocenters. The number of aryl methyl sites for hydroxylation is 1. The second-order valence-electron chi connectivity index (χ2n) is 7.95. The third kappa shape index (κ3) is 4.11. The Morgan fingerprint density at radius 2 is 1.61 bits per heavy atom. The molecular formula is C23H24N4O3S. The average molecular weight is 437 g/mol. The van der Waals surface area contributed by atoms with Crippen LogP contribution in [-0.4, -0.2) is 43.7 Å². The van der Waals surface area contributed by atoms with Crippen LogP contribution in [0.1, 0.15) is 30.4 Å². The zero-order valence-corrected chi connectivity index (χ0v) is 18.5. The van der Waals surface area contributed by atoms with Gasteiger partial charge in [-0.2, -0.15) is 5.26 Å². The predicted octanol–water partition coefficient (Wildman–Crippen LogP) is 3.59. The number of ether oxygens (including phenoxy) is 1. The van der Waals surface area contributed by atoms with Crippen LogP contribution in [0.3, 0.4) is 0 Å². The molecule has 3 aromatic rings. The molecule has 160 valence electrons. The molecule has 2 aromatic carbocycles. The van der Waals surface area contributed by atoms with E-state index in [2.05, 4.69) is 4.98 Å². The first-order chi connectivity index (χ1) is 14.8. The summed E-state index contributed by atoms with van der Waals surface area (Å²) in [4.78, 5) is 11.5. The van der Waals surface area contributed by atoms with Gasteiger partial charge in [-0.15, -0.1) is 0 Å². The number of fused-ring (bicyclic) bond motifs is 1. The van der Waals surface area contributed by atoms with Crippen LogP contribution in [-0.2, 0) is 14.6 Å². The van der Waals surface area contributed by atoms with Crippen molar-refractivity contribution in [1.29, 1.82) is 5.26 Å². The summed E-state index contributed by atoms with van der Waals surface area (Å²) in [7, 11) is -4.00. The number of hydrogen-bond donors (Lipinski definition) is 0. The first kappa shape index (κ1) is 21.2. The van der Waals surface area contributed by atoms with Crippen LogP contribution in [0, 0.1) is 18.3 Å². The van der Waals surface area contributed by atoms with Crippen LogP contribution in [0.5, 0.6) is 0 Å². The third-order valence-electron chi connectivity index (χ3n) is 5.32. The normalized spacial score (nSPS) is 20.4. The lowest BCUT2D eigenvalue weighted by Gasteiger charge is -2.37. The molecule has 1 aliphatic rings. The lowest BCUT2D eigenvalue weighted by atomic mass is 10.2. The summed E-state index contributed by atoms with van der Waals surface area (Å²) >= 11 is 0. The van der Waals surface area contributed by atoms with Crippen LogP contribution >= 0.6 is 0 Å². The molecule has 4 rings (SSSR count). The van der Waals surface area contributed by atoms with E-state index < -0.39 is 15.1 Å². The lowest BCUT2D eigenvalue weighted by Crippen LogP contribution is -2.46. The maximum absolute atomic E-state index is 13.4. The number of sulfone groups is 1. The number of aromatic nitrogens is 2. The Kier molecular flexibility index (Phi) is 5.65. The van der Waals surface area contributed by atoms with Gasteiger partial charge < -0.3 is 9.64 Å². The molecule has 1 aromatic heterocycles. The Balaban J connectivity index is 1.90. The fourth-order valence-corrected chi connectivity index (χ4v) is 5.28. The molecule has 0 radical (unpaired) electrons. The third-order valence-corrected chi connectivity index (χ3v) is 7.20. The summed E-state index contributed by atoms with van der Waals surface area (Å²) in [6.45, 7) is 6.87. The van der Waals surface area contributed by atoms with Gasteiger partial charge in [0.25, 0.3) is 0 Å². The number of rotatable bonds is 4. The van der Waals surface area contributed by atoms with Crippen LogP contribution in [0.15, 0.2) is 53.4 Å². The van der Waals surface area contributed by atoms with Gasteiger partial charge >= 0.3 is 0 Å². The van der Waals surface area contributed by atoms with E-state index in [-0.39, 0.29) is 22.8 Å². The quantitative estimate of drug-likeness (QED) is 0.616. The SMILES string of the molecule is Cc1ccc(S(=O)(=O)C(C#N)c2nc3ccccc3nc2N2CC(C)OC(C)C2)cc1. The zero-order valence-electron chi connectivity index (χ0n) is 17.7. The summed E-state index contributed by atoms with van der Waals surface area (Å²) in [5, 5.41) is 8.51. The van der Waals surface area contributed by atoms with Gasteiger partial charge in [-0.25, -0.2) is 18.4 Å². The summed E-state index contributed by atoms with van der Waals surface area (Å²) in [6, 6.07) is 15.8. The fourth-order valence-electron chi connectivity index (χ4n) is 3.91. The molecule has 0 saturated carbocycles. The Morgan fingerprint density at radius 3 is 2.19 bits per heavy atom. The highest BCUT2D eigenvalue weighted by atomic mass is 32.2. The highest BCUT2D eigenvalue weighted by Crippen LogP contribution is 2.35. The molecule has 0 spiro atoms. The fraction of sp³-hybridized carbons (Fsp3) is 0.348. The van der Waals surface area contributed by atoms with E-state index in [1.54, 1.807) is 18.2 Å². The van der Waals surface area contributed by atoms with E-state index in [4.69, 9.17) is 9.72 Å². The number of nitrogens with zero attached hydrogens (tertiary/aromatic N) is 4. The van der Waals surface area contributed by atoms with Gasteiger partial charge in [-0.05, 0) is 45.0 Å². The smallest absolute Gasteiger partial charge is 0.200 e. The molecule has 7 nitrogen and oxygen atoms in total. The monoisotopic (exact) mass is 436 g/mol. The Bertz CT molecular complexity index is 1240. The Labute approximate surface area is 182 Å². The predicted molar refractivity (Wildman–Crippen MR) is 118 cm³/mol. The number of benzene rings is 2. The van der Waals surface area contributed by atoms with E-state index in [1.807, 2.05) is 49.9 Å². The van der Waals surface area contributed by atoms with Crippen molar-refractivity contribution in [1.82, 2.24) is 9.97 Å². The summed E-state index contributed by atoms with van der Waals surface area (Å²) in [6.07, 6.45) is -0.113. The molecule has 1 saturated heterocycles. The highest BCUT2D eigenvalue weighted by Gasteiger charge is 2.36. The molecular weight excluding hydrogens is 412 g/mol. The van der Waals surface area contributed by atoms with Crippen molar-refractivity contribution in [2.24, 2.45) is 0 Å². The van der Waals surface area contributed by atoms with E-state index in [1.165, 1.54) is 12.1 Å². The molecule has 0 N–H and O–H groups in total. The van der Waals surface area contributed by atoms with E-state index >= 15 is 0 Å². The van der Waals surface area contributed by atoms with Gasteiger partial charge in [0.15, 0.2) is 11.1 Å². The molecule has 8 heteroatoms. The topological polar surface area (TPSA) is 96.2 Å². The minimum atomic E-state index is -4.00. The van der Waals surface area contributed by atoms with E-state index in [0.717, 1.165) is 5.56 Å². The van der Waals surface area contributed by atoms with Crippen molar-refractivity contribution in [3.63, 3.8) is 0 Å². The second kappa shape index (κ2) is 8.25. The Hall–Kier alpha value is -3.02.